The first-order valence-electron chi connectivity index (χ1n) is 6.09. The Morgan fingerprint density at radius 3 is 2.71 bits per heavy atom. The van der Waals surface area contributed by atoms with Crippen molar-refractivity contribution in [2.45, 2.75) is 24.8 Å². The van der Waals surface area contributed by atoms with Gasteiger partial charge in [0.25, 0.3) is 0 Å². The Labute approximate surface area is 102 Å². The molecule has 3 rings (SSSR count). The molecule has 1 fully saturated rings. The normalized spacial score (nSPS) is 23.2. The highest BCUT2D eigenvalue weighted by Crippen LogP contribution is 2.37. The number of amides is 1. The summed E-state index contributed by atoms with van der Waals surface area (Å²) in [6, 6.07) is 8.25. The average molecular weight is 228 g/mol. The summed E-state index contributed by atoms with van der Waals surface area (Å²) in [5.41, 5.74) is 2.27. The van der Waals surface area contributed by atoms with Crippen molar-refractivity contribution in [2.75, 3.05) is 13.1 Å². The van der Waals surface area contributed by atoms with E-state index in [1.807, 2.05) is 17.0 Å². The van der Waals surface area contributed by atoms with Gasteiger partial charge in [-0.25, -0.2) is 0 Å². The molecular formula is C14H16N2O. The zero-order valence-corrected chi connectivity index (χ0v) is 9.78. The third-order valence-corrected chi connectivity index (χ3v) is 3.91. The Hall–Kier alpha value is -1.35. The van der Waals surface area contributed by atoms with Crippen molar-refractivity contribution in [2.24, 2.45) is 0 Å². The Balaban J connectivity index is 2.02. The van der Waals surface area contributed by atoms with Gasteiger partial charge in [-0.1, -0.05) is 24.3 Å². The maximum atomic E-state index is 11.8. The molecule has 0 aromatic heterocycles. The van der Waals surface area contributed by atoms with Crippen molar-refractivity contribution in [3.63, 3.8) is 0 Å². The van der Waals surface area contributed by atoms with E-state index in [4.69, 9.17) is 7.05 Å². The second-order valence-corrected chi connectivity index (χ2v) is 5.00. The minimum Gasteiger partial charge on any atom is -0.346 e. The van der Waals surface area contributed by atoms with Gasteiger partial charge in [-0.3, -0.25) is 9.69 Å². The number of hydrogen-bond donors (Lipinski definition) is 1. The number of nitrogens with zero attached hydrogens (tertiary/aromatic N) is 1. The van der Waals surface area contributed by atoms with Crippen LogP contribution >= 0.6 is 0 Å². The maximum Gasteiger partial charge on any atom is 0.225 e. The molecule has 2 heterocycles. The van der Waals surface area contributed by atoms with E-state index in [0.29, 0.717) is 6.42 Å². The van der Waals surface area contributed by atoms with E-state index in [9.17, 15) is 4.79 Å². The fraction of sp³-hybridized carbons (Fsp3) is 0.429. The Bertz CT molecular complexity index is 447. The molecule has 0 bridgehead atoms. The van der Waals surface area contributed by atoms with Gasteiger partial charge < -0.3 is 5.32 Å². The molecule has 1 amide bonds. The first-order chi connectivity index (χ1) is 8.20. The lowest BCUT2D eigenvalue weighted by Gasteiger charge is -2.44. The highest BCUT2D eigenvalue weighted by Gasteiger charge is 2.40. The molecule has 88 valence electrons. The number of carbonyl (C=O) groups excluding carboxylic acids is 1. The number of likely N-dealkylation sites (tertiary alicyclic amines) is 1. The predicted octanol–water partition coefficient (Wildman–Crippen LogP) is 1.32. The van der Waals surface area contributed by atoms with Crippen LogP contribution in [0.5, 0.6) is 0 Å². The lowest BCUT2D eigenvalue weighted by Crippen LogP contribution is -2.55. The SMILES string of the molecule is [CH]N1CCC2(CC1)NC(=O)Cc1ccccc12. The van der Waals surface area contributed by atoms with E-state index in [2.05, 4.69) is 17.4 Å². The van der Waals surface area contributed by atoms with Crippen molar-refractivity contribution < 1.29 is 4.79 Å². The summed E-state index contributed by atoms with van der Waals surface area (Å²) in [6.07, 6.45) is 2.29. The molecule has 0 atom stereocenters. The second-order valence-electron chi connectivity index (χ2n) is 5.00. The van der Waals surface area contributed by atoms with Crippen LogP contribution in [0, 0.1) is 7.05 Å². The van der Waals surface area contributed by atoms with Gasteiger partial charge in [-0.15, -0.1) is 0 Å². The van der Waals surface area contributed by atoms with Crippen molar-refractivity contribution in [3.05, 3.63) is 42.4 Å². The Morgan fingerprint density at radius 2 is 1.94 bits per heavy atom. The molecule has 2 radical (unpaired) electrons. The molecule has 1 aromatic carbocycles. The highest BCUT2D eigenvalue weighted by molar-refractivity contribution is 5.82. The van der Waals surface area contributed by atoms with Crippen LogP contribution in [0.4, 0.5) is 0 Å². The molecule has 17 heavy (non-hydrogen) atoms. The number of fused-ring (bicyclic) bond motifs is 2. The fourth-order valence-electron chi connectivity index (χ4n) is 2.99. The van der Waals surface area contributed by atoms with Crippen molar-refractivity contribution in [1.82, 2.24) is 10.2 Å². The summed E-state index contributed by atoms with van der Waals surface area (Å²) in [5.74, 6) is 0.133. The minimum atomic E-state index is -0.179. The fourth-order valence-corrected chi connectivity index (χ4v) is 2.99. The van der Waals surface area contributed by atoms with Crippen LogP contribution in [0.2, 0.25) is 0 Å². The summed E-state index contributed by atoms with van der Waals surface area (Å²) in [6.45, 7) is 1.66. The van der Waals surface area contributed by atoms with Gasteiger partial charge in [0.2, 0.25) is 5.91 Å². The maximum absolute atomic E-state index is 11.8. The quantitative estimate of drug-likeness (QED) is 0.726. The van der Waals surface area contributed by atoms with Crippen LogP contribution in [-0.2, 0) is 16.8 Å². The zero-order valence-electron chi connectivity index (χ0n) is 9.78. The second kappa shape index (κ2) is 3.84. The zero-order chi connectivity index (χ0) is 11.9. The summed E-state index contributed by atoms with van der Waals surface area (Å²) in [4.78, 5) is 13.7. The van der Waals surface area contributed by atoms with Gasteiger partial charge in [-0.05, 0) is 24.0 Å². The Kier molecular flexibility index (Phi) is 2.44. The molecule has 2 aliphatic rings. The first kappa shape index (κ1) is 10.8. The number of rotatable bonds is 0. The highest BCUT2D eigenvalue weighted by atomic mass is 16.1. The molecule has 3 nitrogen and oxygen atoms in total. The van der Waals surface area contributed by atoms with Gasteiger partial charge in [-0.2, -0.15) is 0 Å². The molecule has 3 heteroatoms. The van der Waals surface area contributed by atoms with Gasteiger partial charge in [0.1, 0.15) is 0 Å². The predicted molar refractivity (Wildman–Crippen MR) is 65.1 cm³/mol. The number of benzene rings is 1. The molecule has 0 saturated carbocycles. The van der Waals surface area contributed by atoms with Gasteiger partial charge >= 0.3 is 0 Å². The number of hydrogen-bond acceptors (Lipinski definition) is 2. The van der Waals surface area contributed by atoms with E-state index < -0.39 is 0 Å². The van der Waals surface area contributed by atoms with Gasteiger partial charge in [0, 0.05) is 20.1 Å². The monoisotopic (exact) mass is 228 g/mol. The molecular weight excluding hydrogens is 212 g/mol. The minimum absolute atomic E-state index is 0.133. The van der Waals surface area contributed by atoms with Crippen LogP contribution in [0.25, 0.3) is 0 Å². The van der Waals surface area contributed by atoms with E-state index in [1.165, 1.54) is 11.1 Å². The van der Waals surface area contributed by atoms with E-state index in [1.54, 1.807) is 0 Å². The molecule has 1 aromatic rings. The van der Waals surface area contributed by atoms with Gasteiger partial charge in [0.05, 0.1) is 12.0 Å². The summed E-state index contributed by atoms with van der Waals surface area (Å²) in [5, 5.41) is 3.19. The van der Waals surface area contributed by atoms with Crippen molar-refractivity contribution in [3.8, 4) is 0 Å². The number of piperidine rings is 1. The van der Waals surface area contributed by atoms with E-state index in [-0.39, 0.29) is 11.4 Å². The van der Waals surface area contributed by atoms with Crippen molar-refractivity contribution >= 4 is 5.91 Å². The first-order valence-corrected chi connectivity index (χ1v) is 6.09. The van der Waals surface area contributed by atoms with E-state index in [0.717, 1.165) is 25.9 Å². The number of nitrogens with one attached hydrogen (secondary N) is 1. The molecule has 0 aliphatic carbocycles. The van der Waals surface area contributed by atoms with Crippen LogP contribution < -0.4 is 5.32 Å². The van der Waals surface area contributed by atoms with Crippen LogP contribution in [0.3, 0.4) is 0 Å². The van der Waals surface area contributed by atoms with Crippen LogP contribution in [-0.4, -0.2) is 23.9 Å². The third-order valence-electron chi connectivity index (χ3n) is 3.91. The summed E-state index contributed by atoms with van der Waals surface area (Å²) >= 11 is 0. The van der Waals surface area contributed by atoms with Crippen LogP contribution in [0.1, 0.15) is 24.0 Å². The molecule has 1 spiro atoms. The van der Waals surface area contributed by atoms with Gasteiger partial charge in [0.15, 0.2) is 0 Å². The molecule has 1 N–H and O–H groups in total. The Morgan fingerprint density at radius 1 is 1.24 bits per heavy atom. The lowest BCUT2D eigenvalue weighted by molar-refractivity contribution is -0.124. The van der Waals surface area contributed by atoms with E-state index >= 15 is 0 Å². The topological polar surface area (TPSA) is 32.3 Å². The average Bonchev–Trinajstić information content (AvgIpc) is 2.33. The smallest absolute Gasteiger partial charge is 0.225 e. The molecule has 0 unspecified atom stereocenters. The number of carbonyl (C=O) groups is 1. The van der Waals surface area contributed by atoms with Crippen LogP contribution in [0.15, 0.2) is 24.3 Å². The largest absolute Gasteiger partial charge is 0.346 e. The summed E-state index contributed by atoms with van der Waals surface area (Å²) < 4.78 is 0. The molecule has 2 aliphatic heterocycles. The lowest BCUT2D eigenvalue weighted by atomic mass is 9.76. The standard InChI is InChI=1S/C14H16N2O/c1-16-8-6-14(7-9-16)12-5-3-2-4-11(12)10-13(17)15-14/h1-5H,6-10H2,(H,15,17). The van der Waals surface area contributed by atoms with Crippen molar-refractivity contribution in [1.29, 1.82) is 0 Å². The summed E-state index contributed by atoms with van der Waals surface area (Å²) in [7, 11) is 5.80. The molecule has 1 saturated heterocycles. The third kappa shape index (κ3) is 1.75.